The van der Waals surface area contributed by atoms with E-state index in [4.69, 9.17) is 0 Å². The van der Waals surface area contributed by atoms with Crippen LogP contribution in [0.2, 0.25) is 0 Å². The van der Waals surface area contributed by atoms with Crippen LogP contribution in [-0.2, 0) is 0 Å². The van der Waals surface area contributed by atoms with Gasteiger partial charge in [-0.15, -0.1) is 0 Å². The number of nitrogens with zero attached hydrogens (tertiary/aromatic N) is 1. The first kappa shape index (κ1) is 11.3. The molecular formula is C12H17FN2O. The van der Waals surface area contributed by atoms with E-state index >= 15 is 0 Å². The summed E-state index contributed by atoms with van der Waals surface area (Å²) in [6.07, 6.45) is 5.28. The summed E-state index contributed by atoms with van der Waals surface area (Å²) in [7, 11) is 0. The number of aromatic nitrogens is 1. The van der Waals surface area contributed by atoms with Gasteiger partial charge in [-0.1, -0.05) is 6.42 Å². The third-order valence-electron chi connectivity index (χ3n) is 3.08. The van der Waals surface area contributed by atoms with E-state index in [1.165, 1.54) is 12.3 Å². The van der Waals surface area contributed by atoms with Gasteiger partial charge in [0.1, 0.15) is 0 Å². The van der Waals surface area contributed by atoms with Gasteiger partial charge in [-0.05, 0) is 31.2 Å². The molecule has 1 saturated carbocycles. The number of hydrogen-bond donors (Lipinski definition) is 2. The van der Waals surface area contributed by atoms with Crippen molar-refractivity contribution in [3.05, 3.63) is 24.3 Å². The molecule has 1 aliphatic rings. The van der Waals surface area contributed by atoms with E-state index in [9.17, 15) is 9.50 Å². The lowest BCUT2D eigenvalue weighted by Gasteiger charge is -2.26. The van der Waals surface area contributed by atoms with Crippen molar-refractivity contribution in [3.8, 4) is 0 Å². The van der Waals surface area contributed by atoms with Gasteiger partial charge in [0.2, 0.25) is 5.95 Å². The summed E-state index contributed by atoms with van der Waals surface area (Å²) in [6.45, 7) is 0.792. The molecule has 2 atom stereocenters. The zero-order chi connectivity index (χ0) is 11.4. The maximum atomic E-state index is 12.8. The molecule has 1 aliphatic carbocycles. The van der Waals surface area contributed by atoms with Crippen LogP contribution in [0.25, 0.3) is 0 Å². The molecule has 0 amide bonds. The molecule has 3 nitrogen and oxygen atoms in total. The van der Waals surface area contributed by atoms with Gasteiger partial charge in [-0.2, -0.15) is 4.39 Å². The molecule has 0 saturated heterocycles. The minimum absolute atomic E-state index is 0.158. The van der Waals surface area contributed by atoms with E-state index in [1.807, 2.05) is 0 Å². The summed E-state index contributed by atoms with van der Waals surface area (Å²) in [5.41, 5.74) is 0.757. The smallest absolute Gasteiger partial charge is 0.214 e. The number of rotatable bonds is 3. The van der Waals surface area contributed by atoms with Crippen molar-refractivity contribution in [1.29, 1.82) is 0 Å². The molecule has 4 heteroatoms. The highest BCUT2D eigenvalue weighted by Gasteiger charge is 2.19. The highest BCUT2D eigenvalue weighted by molar-refractivity contribution is 5.41. The molecule has 0 radical (unpaired) electrons. The average molecular weight is 224 g/mol. The summed E-state index contributed by atoms with van der Waals surface area (Å²) in [5.74, 6) is 0.0219. The van der Waals surface area contributed by atoms with Crippen LogP contribution in [0.4, 0.5) is 10.1 Å². The number of nitrogens with one attached hydrogen (secondary N) is 1. The molecule has 88 valence electrons. The van der Waals surface area contributed by atoms with Crippen LogP contribution in [-0.4, -0.2) is 22.7 Å². The van der Waals surface area contributed by atoms with Crippen molar-refractivity contribution in [2.75, 3.05) is 11.9 Å². The monoisotopic (exact) mass is 224 g/mol. The molecule has 0 spiro atoms. The summed E-state index contributed by atoms with van der Waals surface area (Å²) >= 11 is 0. The van der Waals surface area contributed by atoms with Crippen LogP contribution in [0.1, 0.15) is 25.7 Å². The Balaban J connectivity index is 1.82. The minimum atomic E-state index is -0.464. The molecule has 0 aliphatic heterocycles. The van der Waals surface area contributed by atoms with Crippen LogP contribution in [0, 0.1) is 11.9 Å². The van der Waals surface area contributed by atoms with Gasteiger partial charge in [-0.25, -0.2) is 4.98 Å². The quantitative estimate of drug-likeness (QED) is 0.773. The first-order chi connectivity index (χ1) is 7.74. The topological polar surface area (TPSA) is 45.1 Å². The normalized spacial score (nSPS) is 25.4. The van der Waals surface area contributed by atoms with Gasteiger partial charge in [-0.3, -0.25) is 0 Å². The number of pyridine rings is 1. The van der Waals surface area contributed by atoms with Crippen LogP contribution < -0.4 is 5.32 Å². The maximum Gasteiger partial charge on any atom is 0.214 e. The average Bonchev–Trinajstić information content (AvgIpc) is 2.27. The number of hydrogen-bond acceptors (Lipinski definition) is 3. The number of aliphatic hydroxyl groups is 1. The van der Waals surface area contributed by atoms with Crippen LogP contribution in [0.3, 0.4) is 0 Å². The minimum Gasteiger partial charge on any atom is -0.393 e. The molecule has 1 fully saturated rings. The summed E-state index contributed by atoms with van der Waals surface area (Å²) < 4.78 is 12.8. The Kier molecular flexibility index (Phi) is 3.72. The fourth-order valence-corrected chi connectivity index (χ4v) is 2.22. The maximum absolute atomic E-state index is 12.8. The van der Waals surface area contributed by atoms with Gasteiger partial charge < -0.3 is 10.4 Å². The Morgan fingerprint density at radius 2 is 2.38 bits per heavy atom. The Morgan fingerprint density at radius 1 is 1.50 bits per heavy atom. The molecular weight excluding hydrogens is 207 g/mol. The van der Waals surface area contributed by atoms with E-state index in [2.05, 4.69) is 10.3 Å². The van der Waals surface area contributed by atoms with E-state index in [1.54, 1.807) is 6.07 Å². The van der Waals surface area contributed by atoms with E-state index in [0.29, 0.717) is 5.92 Å². The highest BCUT2D eigenvalue weighted by atomic mass is 19.1. The van der Waals surface area contributed by atoms with Crippen molar-refractivity contribution in [2.45, 2.75) is 31.8 Å². The highest BCUT2D eigenvalue weighted by Crippen LogP contribution is 2.24. The molecule has 0 bridgehead atoms. The Hall–Kier alpha value is -1.16. The number of anilines is 1. The second-order valence-corrected chi connectivity index (χ2v) is 4.43. The first-order valence-corrected chi connectivity index (χ1v) is 5.77. The van der Waals surface area contributed by atoms with Gasteiger partial charge >= 0.3 is 0 Å². The summed E-state index contributed by atoms with van der Waals surface area (Å²) in [6, 6.07) is 3.14. The van der Waals surface area contributed by atoms with Crippen molar-refractivity contribution in [3.63, 3.8) is 0 Å². The van der Waals surface area contributed by atoms with Crippen LogP contribution in [0.15, 0.2) is 18.3 Å². The SMILES string of the molecule is OC1CCCC(CNc2ccnc(F)c2)C1. The zero-order valence-corrected chi connectivity index (χ0v) is 9.19. The fourth-order valence-electron chi connectivity index (χ4n) is 2.22. The zero-order valence-electron chi connectivity index (χ0n) is 9.19. The second kappa shape index (κ2) is 5.25. The Labute approximate surface area is 94.7 Å². The predicted molar refractivity (Wildman–Crippen MR) is 60.6 cm³/mol. The molecule has 1 aromatic heterocycles. The third kappa shape index (κ3) is 3.17. The Bertz CT molecular complexity index is 346. The first-order valence-electron chi connectivity index (χ1n) is 5.77. The van der Waals surface area contributed by atoms with Crippen LogP contribution in [0.5, 0.6) is 0 Å². The molecule has 2 unspecified atom stereocenters. The standard InChI is InChI=1S/C12H17FN2O/c13-12-7-10(4-5-14-12)15-8-9-2-1-3-11(16)6-9/h4-5,7,9,11,16H,1-3,6,8H2,(H,14,15). The second-order valence-electron chi connectivity index (χ2n) is 4.43. The number of aliphatic hydroxyl groups excluding tert-OH is 1. The van der Waals surface area contributed by atoms with Crippen molar-refractivity contribution >= 4 is 5.69 Å². The Morgan fingerprint density at radius 3 is 3.12 bits per heavy atom. The lowest BCUT2D eigenvalue weighted by molar-refractivity contribution is 0.105. The van der Waals surface area contributed by atoms with E-state index in [0.717, 1.165) is 37.9 Å². The fraction of sp³-hybridized carbons (Fsp3) is 0.583. The summed E-state index contributed by atoms with van der Waals surface area (Å²) in [4.78, 5) is 3.50. The lowest BCUT2D eigenvalue weighted by Crippen LogP contribution is -2.25. The van der Waals surface area contributed by atoms with Crippen molar-refractivity contribution < 1.29 is 9.50 Å². The van der Waals surface area contributed by atoms with Crippen molar-refractivity contribution in [2.24, 2.45) is 5.92 Å². The predicted octanol–water partition coefficient (Wildman–Crippen LogP) is 2.18. The third-order valence-corrected chi connectivity index (χ3v) is 3.08. The molecule has 16 heavy (non-hydrogen) atoms. The molecule has 2 rings (SSSR count). The van der Waals surface area contributed by atoms with Gasteiger partial charge in [0.25, 0.3) is 0 Å². The van der Waals surface area contributed by atoms with Gasteiger partial charge in [0.15, 0.2) is 0 Å². The van der Waals surface area contributed by atoms with Crippen molar-refractivity contribution in [1.82, 2.24) is 4.98 Å². The van der Waals surface area contributed by atoms with E-state index < -0.39 is 5.95 Å². The largest absolute Gasteiger partial charge is 0.393 e. The van der Waals surface area contributed by atoms with Gasteiger partial charge in [0, 0.05) is 24.5 Å². The van der Waals surface area contributed by atoms with E-state index in [-0.39, 0.29) is 6.10 Å². The van der Waals surface area contributed by atoms with Crippen LogP contribution >= 0.6 is 0 Å². The molecule has 1 aromatic rings. The molecule has 2 N–H and O–H groups in total. The number of halogens is 1. The molecule has 1 heterocycles. The summed E-state index contributed by atoms with van der Waals surface area (Å²) in [5, 5.41) is 12.7. The lowest BCUT2D eigenvalue weighted by atomic mass is 9.87. The molecule has 0 aromatic carbocycles. The van der Waals surface area contributed by atoms with Gasteiger partial charge in [0.05, 0.1) is 6.10 Å².